The standard InChI is InChI=1S/C7H11BrO/c8-6-2-4-1-5(6)7(9)3-4/h4-7,9H,1-3H2/t4-,5+,6-,7-/m1/s1. The third-order valence-electron chi connectivity index (χ3n) is 2.70. The molecule has 2 heteroatoms. The zero-order chi connectivity index (χ0) is 6.43. The van der Waals surface area contributed by atoms with Crippen LogP contribution in [0.25, 0.3) is 0 Å². The van der Waals surface area contributed by atoms with Crippen LogP contribution >= 0.6 is 15.9 Å². The summed E-state index contributed by atoms with van der Waals surface area (Å²) in [5, 5.41) is 9.36. The van der Waals surface area contributed by atoms with Crippen LogP contribution in [0.2, 0.25) is 0 Å². The molecule has 0 spiro atoms. The summed E-state index contributed by atoms with van der Waals surface area (Å²) in [5.74, 6) is 1.41. The summed E-state index contributed by atoms with van der Waals surface area (Å²) in [4.78, 5) is 0.617. The lowest BCUT2D eigenvalue weighted by Crippen LogP contribution is -2.23. The van der Waals surface area contributed by atoms with Gasteiger partial charge in [-0.05, 0) is 31.1 Å². The molecule has 0 aromatic carbocycles. The van der Waals surface area contributed by atoms with Gasteiger partial charge in [-0.3, -0.25) is 0 Å². The van der Waals surface area contributed by atoms with Crippen LogP contribution in [0.3, 0.4) is 0 Å². The van der Waals surface area contributed by atoms with Gasteiger partial charge >= 0.3 is 0 Å². The van der Waals surface area contributed by atoms with Crippen molar-refractivity contribution in [2.24, 2.45) is 11.8 Å². The maximum Gasteiger partial charge on any atom is 0.0581 e. The van der Waals surface area contributed by atoms with Crippen LogP contribution in [0.15, 0.2) is 0 Å². The average molecular weight is 191 g/mol. The largest absolute Gasteiger partial charge is 0.393 e. The molecule has 2 rings (SSSR count). The molecular weight excluding hydrogens is 180 g/mol. The number of rotatable bonds is 0. The summed E-state index contributed by atoms with van der Waals surface area (Å²) >= 11 is 3.58. The van der Waals surface area contributed by atoms with Crippen LogP contribution in [0.5, 0.6) is 0 Å². The van der Waals surface area contributed by atoms with Crippen molar-refractivity contribution in [3.8, 4) is 0 Å². The van der Waals surface area contributed by atoms with Gasteiger partial charge in [-0.2, -0.15) is 0 Å². The van der Waals surface area contributed by atoms with Crippen molar-refractivity contribution in [3.63, 3.8) is 0 Å². The zero-order valence-electron chi connectivity index (χ0n) is 5.26. The number of hydrogen-bond acceptors (Lipinski definition) is 1. The Hall–Kier alpha value is 0.440. The molecule has 2 aliphatic carbocycles. The molecule has 9 heavy (non-hydrogen) atoms. The molecule has 52 valence electrons. The normalized spacial score (nSPS) is 56.7. The fourth-order valence-corrected chi connectivity index (χ4v) is 3.33. The van der Waals surface area contributed by atoms with Crippen molar-refractivity contribution >= 4 is 15.9 Å². The van der Waals surface area contributed by atoms with E-state index in [4.69, 9.17) is 0 Å². The molecule has 2 saturated carbocycles. The lowest BCUT2D eigenvalue weighted by molar-refractivity contribution is 0.118. The smallest absolute Gasteiger partial charge is 0.0581 e. The molecule has 0 aromatic rings. The highest BCUT2D eigenvalue weighted by atomic mass is 79.9. The first-order valence-corrected chi connectivity index (χ1v) is 4.51. The van der Waals surface area contributed by atoms with Gasteiger partial charge < -0.3 is 5.11 Å². The fraction of sp³-hybridized carbons (Fsp3) is 1.00. The van der Waals surface area contributed by atoms with Crippen molar-refractivity contribution in [2.75, 3.05) is 0 Å². The maximum absolute atomic E-state index is 9.36. The van der Waals surface area contributed by atoms with Crippen molar-refractivity contribution in [1.82, 2.24) is 0 Å². The summed E-state index contributed by atoms with van der Waals surface area (Å²) in [6.45, 7) is 0. The molecule has 1 N–H and O–H groups in total. The van der Waals surface area contributed by atoms with E-state index in [0.717, 1.165) is 12.3 Å². The van der Waals surface area contributed by atoms with Gasteiger partial charge in [0.05, 0.1) is 6.10 Å². The molecule has 1 nitrogen and oxygen atoms in total. The van der Waals surface area contributed by atoms with E-state index in [2.05, 4.69) is 15.9 Å². The quantitative estimate of drug-likeness (QED) is 0.576. The maximum atomic E-state index is 9.36. The number of halogens is 1. The van der Waals surface area contributed by atoms with E-state index in [1.807, 2.05) is 0 Å². The van der Waals surface area contributed by atoms with E-state index in [1.165, 1.54) is 12.8 Å². The summed E-state index contributed by atoms with van der Waals surface area (Å²) in [6.07, 6.45) is 3.62. The van der Waals surface area contributed by atoms with Crippen LogP contribution in [0.1, 0.15) is 19.3 Å². The first-order valence-electron chi connectivity index (χ1n) is 3.59. The van der Waals surface area contributed by atoms with E-state index >= 15 is 0 Å². The number of aliphatic hydroxyl groups excluding tert-OH is 1. The second-order valence-corrected chi connectivity index (χ2v) is 4.50. The van der Waals surface area contributed by atoms with Crippen LogP contribution in [-0.4, -0.2) is 16.0 Å². The van der Waals surface area contributed by atoms with Gasteiger partial charge in [0.25, 0.3) is 0 Å². The minimum Gasteiger partial charge on any atom is -0.393 e. The van der Waals surface area contributed by atoms with Crippen LogP contribution in [0, 0.1) is 11.8 Å². The SMILES string of the molecule is O[C@@H]1C[C@@H]2C[C@H]1[C@H](Br)C2. The second kappa shape index (κ2) is 1.96. The lowest BCUT2D eigenvalue weighted by Gasteiger charge is -2.20. The van der Waals surface area contributed by atoms with Crippen LogP contribution in [-0.2, 0) is 0 Å². The van der Waals surface area contributed by atoms with E-state index in [1.54, 1.807) is 0 Å². The van der Waals surface area contributed by atoms with Gasteiger partial charge in [0.2, 0.25) is 0 Å². The van der Waals surface area contributed by atoms with Gasteiger partial charge in [0.15, 0.2) is 0 Å². The Bertz CT molecular complexity index is 114. The molecule has 0 heterocycles. The molecule has 4 atom stereocenters. The van der Waals surface area contributed by atoms with Gasteiger partial charge in [0.1, 0.15) is 0 Å². The molecule has 2 bridgehead atoms. The topological polar surface area (TPSA) is 20.2 Å². The molecule has 0 aromatic heterocycles. The Morgan fingerprint density at radius 2 is 2.00 bits per heavy atom. The molecule has 0 amide bonds. The summed E-state index contributed by atoms with van der Waals surface area (Å²) in [7, 11) is 0. The lowest BCUT2D eigenvalue weighted by atomic mass is 9.98. The molecule has 0 saturated heterocycles. The average Bonchev–Trinajstić information content (AvgIpc) is 2.22. The number of hydrogen-bond donors (Lipinski definition) is 1. The highest BCUT2D eigenvalue weighted by molar-refractivity contribution is 9.09. The summed E-state index contributed by atoms with van der Waals surface area (Å²) < 4.78 is 0. The number of alkyl halides is 1. The minimum atomic E-state index is 0.00752. The number of aliphatic hydroxyl groups is 1. The molecule has 2 aliphatic rings. The van der Waals surface area contributed by atoms with E-state index in [9.17, 15) is 5.11 Å². The zero-order valence-corrected chi connectivity index (χ0v) is 6.84. The van der Waals surface area contributed by atoms with Crippen LogP contribution in [0.4, 0.5) is 0 Å². The fourth-order valence-electron chi connectivity index (χ4n) is 2.23. The highest BCUT2D eigenvalue weighted by Crippen LogP contribution is 2.47. The minimum absolute atomic E-state index is 0.00752. The van der Waals surface area contributed by atoms with Gasteiger partial charge in [-0.15, -0.1) is 0 Å². The predicted octanol–water partition coefficient (Wildman–Crippen LogP) is 1.54. The van der Waals surface area contributed by atoms with Gasteiger partial charge in [-0.25, -0.2) is 0 Å². The third kappa shape index (κ3) is 0.838. The van der Waals surface area contributed by atoms with Crippen LogP contribution < -0.4 is 0 Å². The number of fused-ring (bicyclic) bond motifs is 2. The van der Waals surface area contributed by atoms with Crippen molar-refractivity contribution in [3.05, 3.63) is 0 Å². The van der Waals surface area contributed by atoms with Gasteiger partial charge in [0, 0.05) is 4.83 Å². The first kappa shape index (κ1) is 6.17. The van der Waals surface area contributed by atoms with E-state index in [0.29, 0.717) is 10.7 Å². The third-order valence-corrected chi connectivity index (χ3v) is 3.75. The summed E-state index contributed by atoms with van der Waals surface area (Å²) in [6, 6.07) is 0. The summed E-state index contributed by atoms with van der Waals surface area (Å²) in [5.41, 5.74) is 0. The van der Waals surface area contributed by atoms with E-state index in [-0.39, 0.29) is 6.10 Å². The molecule has 0 radical (unpaired) electrons. The van der Waals surface area contributed by atoms with Crippen molar-refractivity contribution in [2.45, 2.75) is 30.2 Å². The monoisotopic (exact) mass is 190 g/mol. The van der Waals surface area contributed by atoms with E-state index < -0.39 is 0 Å². The molecular formula is C7H11BrO. The Kier molecular flexibility index (Phi) is 1.34. The Balaban J connectivity index is 2.13. The Labute approximate surface area is 63.6 Å². The van der Waals surface area contributed by atoms with Crippen molar-refractivity contribution in [1.29, 1.82) is 0 Å². The second-order valence-electron chi connectivity index (χ2n) is 3.32. The Morgan fingerprint density at radius 1 is 1.22 bits per heavy atom. The molecule has 0 unspecified atom stereocenters. The first-order chi connectivity index (χ1) is 4.27. The highest BCUT2D eigenvalue weighted by Gasteiger charge is 2.44. The molecule has 0 aliphatic heterocycles. The Morgan fingerprint density at radius 3 is 2.33 bits per heavy atom. The van der Waals surface area contributed by atoms with Crippen molar-refractivity contribution < 1.29 is 5.11 Å². The predicted molar refractivity (Wildman–Crippen MR) is 39.6 cm³/mol. The van der Waals surface area contributed by atoms with Gasteiger partial charge in [-0.1, -0.05) is 15.9 Å². The molecule has 2 fully saturated rings.